The van der Waals surface area contributed by atoms with Crippen LogP contribution in [0, 0.1) is 5.41 Å². The summed E-state index contributed by atoms with van der Waals surface area (Å²) in [6.07, 6.45) is 9.14. The van der Waals surface area contributed by atoms with Gasteiger partial charge in [0.15, 0.2) is 0 Å². The van der Waals surface area contributed by atoms with E-state index in [-0.39, 0.29) is 12.0 Å². The van der Waals surface area contributed by atoms with E-state index < -0.39 is 0 Å². The van der Waals surface area contributed by atoms with Crippen LogP contribution in [0.4, 0.5) is 0 Å². The maximum Gasteiger partial charge on any atom is 0.230 e. The summed E-state index contributed by atoms with van der Waals surface area (Å²) in [5.41, 5.74) is -0.0870. The average Bonchev–Trinajstić information content (AvgIpc) is 3.11. The first-order valence-corrected chi connectivity index (χ1v) is 8.39. The predicted octanol–water partition coefficient (Wildman–Crippen LogP) is 1.63. The summed E-state index contributed by atoms with van der Waals surface area (Å²) < 4.78 is 0. The summed E-state index contributed by atoms with van der Waals surface area (Å²) in [4.78, 5) is 17.6. The number of carbonyl (C=O) groups excluding carboxylic acids is 1. The van der Waals surface area contributed by atoms with Gasteiger partial charge in [0.1, 0.15) is 0 Å². The van der Waals surface area contributed by atoms with Crippen molar-refractivity contribution in [2.75, 3.05) is 32.8 Å². The number of amides is 1. The molecule has 1 atom stereocenters. The van der Waals surface area contributed by atoms with Gasteiger partial charge in [0, 0.05) is 32.3 Å². The van der Waals surface area contributed by atoms with E-state index in [1.54, 1.807) is 0 Å². The third-order valence-electron chi connectivity index (χ3n) is 5.60. The Morgan fingerprint density at radius 1 is 1.15 bits per heavy atom. The van der Waals surface area contributed by atoms with Crippen molar-refractivity contribution in [3.63, 3.8) is 0 Å². The molecule has 0 aromatic carbocycles. The molecule has 0 radical (unpaired) electrons. The Kier molecular flexibility index (Phi) is 4.32. The van der Waals surface area contributed by atoms with E-state index >= 15 is 0 Å². The molecule has 3 rings (SSSR count). The van der Waals surface area contributed by atoms with Crippen molar-refractivity contribution >= 4 is 5.91 Å². The SMILES string of the molecule is O=C1N(C2CCCC2)CCCC12CCN(CCCO)C2. The second kappa shape index (κ2) is 6.02. The van der Waals surface area contributed by atoms with Crippen LogP contribution < -0.4 is 0 Å². The quantitative estimate of drug-likeness (QED) is 0.851. The molecule has 4 nitrogen and oxygen atoms in total. The summed E-state index contributed by atoms with van der Waals surface area (Å²) in [5, 5.41) is 8.96. The first-order chi connectivity index (χ1) is 9.75. The number of hydrogen-bond donors (Lipinski definition) is 1. The molecule has 1 unspecified atom stereocenters. The van der Waals surface area contributed by atoms with Gasteiger partial charge < -0.3 is 14.9 Å². The number of piperidine rings is 1. The highest BCUT2D eigenvalue weighted by Crippen LogP contribution is 2.42. The fourth-order valence-corrected chi connectivity index (χ4v) is 4.49. The average molecular weight is 280 g/mol. The van der Waals surface area contributed by atoms with Gasteiger partial charge in [-0.15, -0.1) is 0 Å². The molecule has 0 bridgehead atoms. The molecular formula is C16H28N2O2. The minimum atomic E-state index is -0.0870. The molecule has 2 heterocycles. The van der Waals surface area contributed by atoms with E-state index in [9.17, 15) is 4.79 Å². The molecule has 3 fully saturated rings. The molecule has 0 aromatic rings. The first kappa shape index (κ1) is 14.3. The Morgan fingerprint density at radius 2 is 1.95 bits per heavy atom. The van der Waals surface area contributed by atoms with Crippen LogP contribution in [0.3, 0.4) is 0 Å². The Labute approximate surface area is 122 Å². The minimum Gasteiger partial charge on any atom is -0.396 e. The smallest absolute Gasteiger partial charge is 0.230 e. The highest BCUT2D eigenvalue weighted by atomic mass is 16.3. The first-order valence-electron chi connectivity index (χ1n) is 8.39. The molecule has 1 saturated carbocycles. The van der Waals surface area contributed by atoms with Crippen molar-refractivity contribution in [2.45, 2.75) is 57.4 Å². The van der Waals surface area contributed by atoms with E-state index in [1.807, 2.05) is 0 Å². The van der Waals surface area contributed by atoms with E-state index in [0.717, 1.165) is 45.4 Å². The summed E-state index contributed by atoms with van der Waals surface area (Å²) in [5.74, 6) is 0.446. The Balaban J connectivity index is 1.65. The molecule has 0 aromatic heterocycles. The molecule has 1 aliphatic carbocycles. The number of carbonyl (C=O) groups is 1. The molecular weight excluding hydrogens is 252 g/mol. The van der Waals surface area contributed by atoms with Crippen molar-refractivity contribution < 1.29 is 9.90 Å². The Bertz CT molecular complexity index is 354. The number of likely N-dealkylation sites (tertiary alicyclic amines) is 2. The van der Waals surface area contributed by atoms with Gasteiger partial charge in [-0.2, -0.15) is 0 Å². The van der Waals surface area contributed by atoms with Crippen LogP contribution >= 0.6 is 0 Å². The monoisotopic (exact) mass is 280 g/mol. The zero-order valence-corrected chi connectivity index (χ0v) is 12.5. The normalized spacial score (nSPS) is 32.6. The van der Waals surface area contributed by atoms with Gasteiger partial charge in [0.25, 0.3) is 0 Å². The topological polar surface area (TPSA) is 43.8 Å². The molecule has 3 aliphatic rings. The zero-order chi connectivity index (χ0) is 14.0. The van der Waals surface area contributed by atoms with Crippen LogP contribution in [0.5, 0.6) is 0 Å². The fourth-order valence-electron chi connectivity index (χ4n) is 4.49. The minimum absolute atomic E-state index is 0.0870. The van der Waals surface area contributed by atoms with Gasteiger partial charge in [-0.1, -0.05) is 12.8 Å². The number of rotatable bonds is 4. The maximum atomic E-state index is 13.0. The molecule has 1 N–H and O–H groups in total. The number of aliphatic hydroxyl groups excluding tert-OH is 1. The van der Waals surface area contributed by atoms with Gasteiger partial charge in [-0.3, -0.25) is 4.79 Å². The van der Waals surface area contributed by atoms with Crippen LogP contribution in [0.1, 0.15) is 51.4 Å². The molecule has 1 spiro atoms. The van der Waals surface area contributed by atoms with Crippen molar-refractivity contribution in [3.8, 4) is 0 Å². The van der Waals surface area contributed by atoms with Gasteiger partial charge in [0.2, 0.25) is 5.91 Å². The van der Waals surface area contributed by atoms with Crippen molar-refractivity contribution in [2.24, 2.45) is 5.41 Å². The van der Waals surface area contributed by atoms with Gasteiger partial charge in [-0.05, 0) is 45.1 Å². The third-order valence-corrected chi connectivity index (χ3v) is 5.60. The van der Waals surface area contributed by atoms with Gasteiger partial charge in [-0.25, -0.2) is 0 Å². The highest BCUT2D eigenvalue weighted by Gasteiger charge is 2.49. The van der Waals surface area contributed by atoms with E-state index in [2.05, 4.69) is 9.80 Å². The second-order valence-electron chi connectivity index (χ2n) is 6.92. The number of aliphatic hydroxyl groups is 1. The van der Waals surface area contributed by atoms with Crippen LogP contribution in [0.25, 0.3) is 0 Å². The standard InChI is InChI=1S/C16H28N2O2/c19-12-4-9-17-11-8-16(13-17)7-3-10-18(15(16)20)14-5-1-2-6-14/h14,19H,1-13H2. The molecule has 1 amide bonds. The lowest BCUT2D eigenvalue weighted by atomic mass is 9.77. The molecule has 20 heavy (non-hydrogen) atoms. The van der Waals surface area contributed by atoms with Crippen LogP contribution in [-0.2, 0) is 4.79 Å². The Hall–Kier alpha value is -0.610. The summed E-state index contributed by atoms with van der Waals surface area (Å²) in [6, 6.07) is 0.533. The van der Waals surface area contributed by atoms with Gasteiger partial charge in [0.05, 0.1) is 5.41 Å². The van der Waals surface area contributed by atoms with Crippen LogP contribution in [-0.4, -0.2) is 59.6 Å². The van der Waals surface area contributed by atoms with Crippen LogP contribution in [0.2, 0.25) is 0 Å². The number of hydrogen-bond acceptors (Lipinski definition) is 3. The van der Waals surface area contributed by atoms with Gasteiger partial charge >= 0.3 is 0 Å². The zero-order valence-electron chi connectivity index (χ0n) is 12.5. The van der Waals surface area contributed by atoms with Crippen molar-refractivity contribution in [1.29, 1.82) is 0 Å². The lowest BCUT2D eigenvalue weighted by Gasteiger charge is -2.42. The van der Waals surface area contributed by atoms with Crippen LogP contribution in [0.15, 0.2) is 0 Å². The van der Waals surface area contributed by atoms with E-state index in [1.165, 1.54) is 32.1 Å². The van der Waals surface area contributed by atoms with E-state index in [4.69, 9.17) is 5.11 Å². The Morgan fingerprint density at radius 3 is 2.70 bits per heavy atom. The lowest BCUT2D eigenvalue weighted by molar-refractivity contribution is -0.148. The molecule has 2 saturated heterocycles. The van der Waals surface area contributed by atoms with E-state index in [0.29, 0.717) is 11.9 Å². The number of nitrogens with zero attached hydrogens (tertiary/aromatic N) is 2. The summed E-state index contributed by atoms with van der Waals surface area (Å²) in [7, 11) is 0. The lowest BCUT2D eigenvalue weighted by Crippen LogP contribution is -2.53. The highest BCUT2D eigenvalue weighted by molar-refractivity contribution is 5.84. The van der Waals surface area contributed by atoms with Crippen molar-refractivity contribution in [1.82, 2.24) is 9.80 Å². The third kappa shape index (κ3) is 2.60. The predicted molar refractivity (Wildman–Crippen MR) is 78.4 cm³/mol. The molecule has 114 valence electrons. The largest absolute Gasteiger partial charge is 0.396 e. The summed E-state index contributed by atoms with van der Waals surface area (Å²) >= 11 is 0. The molecule has 2 aliphatic heterocycles. The van der Waals surface area contributed by atoms with Crippen molar-refractivity contribution in [3.05, 3.63) is 0 Å². The second-order valence-corrected chi connectivity index (χ2v) is 6.92. The maximum absolute atomic E-state index is 13.0. The molecule has 4 heteroatoms. The fraction of sp³-hybridized carbons (Fsp3) is 0.938. The summed E-state index contributed by atoms with van der Waals surface area (Å²) in [6.45, 7) is 4.14.